The average molecular weight is 226 g/mol. The Bertz CT molecular complexity index is 366. The summed E-state index contributed by atoms with van der Waals surface area (Å²) < 4.78 is 4.71. The standard InChI is InChI=1S/C11H14O3S/c1-14-10(13)9-8(2-5-15-9)6-11(7-12)3-4-11/h2,5,12H,3-4,6-7H2,1H3. The zero-order valence-corrected chi connectivity index (χ0v) is 9.47. The number of methoxy groups -OCH3 is 1. The van der Waals surface area contributed by atoms with Gasteiger partial charge < -0.3 is 9.84 Å². The summed E-state index contributed by atoms with van der Waals surface area (Å²) in [4.78, 5) is 12.1. The van der Waals surface area contributed by atoms with Crippen molar-refractivity contribution in [1.29, 1.82) is 0 Å². The van der Waals surface area contributed by atoms with Gasteiger partial charge in [-0.05, 0) is 41.7 Å². The number of thiophene rings is 1. The maximum atomic E-state index is 11.4. The molecular weight excluding hydrogens is 212 g/mol. The van der Waals surface area contributed by atoms with Crippen molar-refractivity contribution in [2.75, 3.05) is 13.7 Å². The fourth-order valence-corrected chi connectivity index (χ4v) is 2.56. The molecule has 0 amide bonds. The lowest BCUT2D eigenvalue weighted by Crippen LogP contribution is -2.12. The first-order chi connectivity index (χ1) is 7.21. The second kappa shape index (κ2) is 3.94. The summed E-state index contributed by atoms with van der Waals surface area (Å²) >= 11 is 1.41. The topological polar surface area (TPSA) is 46.5 Å². The molecule has 0 spiro atoms. The molecule has 1 aromatic heterocycles. The first-order valence-corrected chi connectivity index (χ1v) is 5.84. The third-order valence-corrected chi connectivity index (χ3v) is 3.91. The Morgan fingerprint density at radius 3 is 2.93 bits per heavy atom. The molecule has 0 aromatic carbocycles. The van der Waals surface area contributed by atoms with Crippen LogP contribution in [-0.4, -0.2) is 24.8 Å². The molecule has 1 N–H and O–H groups in total. The van der Waals surface area contributed by atoms with Gasteiger partial charge in [0.1, 0.15) is 4.88 Å². The molecule has 0 radical (unpaired) electrons. The van der Waals surface area contributed by atoms with E-state index in [-0.39, 0.29) is 18.0 Å². The zero-order chi connectivity index (χ0) is 10.9. The fourth-order valence-electron chi connectivity index (χ4n) is 1.72. The molecule has 0 unspecified atom stereocenters. The van der Waals surface area contributed by atoms with E-state index in [1.54, 1.807) is 0 Å². The van der Waals surface area contributed by atoms with Gasteiger partial charge in [0, 0.05) is 6.61 Å². The molecule has 1 aromatic rings. The highest BCUT2D eigenvalue weighted by Crippen LogP contribution is 2.48. The van der Waals surface area contributed by atoms with Crippen LogP contribution in [0.3, 0.4) is 0 Å². The first-order valence-electron chi connectivity index (χ1n) is 4.96. The molecule has 1 aliphatic carbocycles. The van der Waals surface area contributed by atoms with E-state index in [0.29, 0.717) is 4.88 Å². The minimum atomic E-state index is -0.270. The molecule has 15 heavy (non-hydrogen) atoms. The van der Waals surface area contributed by atoms with Crippen LogP contribution >= 0.6 is 11.3 Å². The van der Waals surface area contributed by atoms with Crippen LogP contribution in [0.2, 0.25) is 0 Å². The summed E-state index contributed by atoms with van der Waals surface area (Å²) in [5, 5.41) is 11.1. The fraction of sp³-hybridized carbons (Fsp3) is 0.545. The molecule has 1 fully saturated rings. The maximum Gasteiger partial charge on any atom is 0.348 e. The molecule has 82 valence electrons. The quantitative estimate of drug-likeness (QED) is 0.797. The van der Waals surface area contributed by atoms with Crippen molar-refractivity contribution < 1.29 is 14.6 Å². The van der Waals surface area contributed by atoms with E-state index in [2.05, 4.69) is 0 Å². The van der Waals surface area contributed by atoms with Gasteiger partial charge in [-0.15, -0.1) is 11.3 Å². The van der Waals surface area contributed by atoms with Crippen molar-refractivity contribution in [2.24, 2.45) is 5.41 Å². The normalized spacial score (nSPS) is 17.5. The summed E-state index contributed by atoms with van der Waals surface area (Å²) in [6, 6.07) is 1.95. The highest BCUT2D eigenvalue weighted by molar-refractivity contribution is 7.12. The third kappa shape index (κ3) is 2.06. The van der Waals surface area contributed by atoms with Gasteiger partial charge in [-0.1, -0.05) is 0 Å². The Balaban J connectivity index is 2.15. The summed E-state index contributed by atoms with van der Waals surface area (Å²) in [6.45, 7) is 0.212. The van der Waals surface area contributed by atoms with E-state index < -0.39 is 0 Å². The van der Waals surface area contributed by atoms with Gasteiger partial charge >= 0.3 is 5.97 Å². The molecule has 0 bridgehead atoms. The highest BCUT2D eigenvalue weighted by Gasteiger charge is 2.42. The summed E-state index contributed by atoms with van der Waals surface area (Å²) in [5.41, 5.74) is 1.06. The number of carbonyl (C=O) groups is 1. The summed E-state index contributed by atoms with van der Waals surface area (Å²) in [7, 11) is 1.39. The van der Waals surface area contributed by atoms with E-state index >= 15 is 0 Å². The lowest BCUT2D eigenvalue weighted by atomic mass is 9.98. The zero-order valence-electron chi connectivity index (χ0n) is 8.66. The first kappa shape index (κ1) is 10.6. The second-order valence-corrected chi connectivity index (χ2v) is 5.02. The Kier molecular flexibility index (Phi) is 2.80. The highest BCUT2D eigenvalue weighted by atomic mass is 32.1. The van der Waals surface area contributed by atoms with Crippen LogP contribution in [0, 0.1) is 5.41 Å². The van der Waals surface area contributed by atoms with E-state index in [4.69, 9.17) is 4.74 Å². The minimum absolute atomic E-state index is 0.0455. The Morgan fingerprint density at radius 1 is 1.67 bits per heavy atom. The van der Waals surface area contributed by atoms with Crippen LogP contribution in [-0.2, 0) is 11.2 Å². The van der Waals surface area contributed by atoms with E-state index in [1.165, 1.54) is 18.4 Å². The number of esters is 1. The number of aliphatic hydroxyl groups is 1. The van der Waals surface area contributed by atoms with Crippen molar-refractivity contribution >= 4 is 17.3 Å². The van der Waals surface area contributed by atoms with Crippen molar-refractivity contribution in [3.8, 4) is 0 Å². The smallest absolute Gasteiger partial charge is 0.348 e. The SMILES string of the molecule is COC(=O)c1sccc1CC1(CO)CC1. The van der Waals surface area contributed by atoms with Crippen LogP contribution < -0.4 is 0 Å². The van der Waals surface area contributed by atoms with E-state index in [0.717, 1.165) is 24.8 Å². The van der Waals surface area contributed by atoms with Crippen molar-refractivity contribution in [3.05, 3.63) is 21.9 Å². The third-order valence-electron chi connectivity index (χ3n) is 2.98. The molecule has 1 aliphatic rings. The molecule has 2 rings (SSSR count). The predicted molar refractivity (Wildman–Crippen MR) is 58.1 cm³/mol. The van der Waals surface area contributed by atoms with E-state index in [9.17, 15) is 9.90 Å². The minimum Gasteiger partial charge on any atom is -0.465 e. The molecule has 0 aliphatic heterocycles. The van der Waals surface area contributed by atoms with Gasteiger partial charge in [0.15, 0.2) is 0 Å². The van der Waals surface area contributed by atoms with Crippen LogP contribution in [0.15, 0.2) is 11.4 Å². The van der Waals surface area contributed by atoms with Gasteiger partial charge in [-0.3, -0.25) is 0 Å². The van der Waals surface area contributed by atoms with Gasteiger partial charge in [0.05, 0.1) is 7.11 Å². The largest absolute Gasteiger partial charge is 0.465 e. The lowest BCUT2D eigenvalue weighted by Gasteiger charge is -2.10. The van der Waals surface area contributed by atoms with Gasteiger partial charge in [-0.25, -0.2) is 4.79 Å². The van der Waals surface area contributed by atoms with Gasteiger partial charge in [0.25, 0.3) is 0 Å². The molecule has 1 saturated carbocycles. The molecular formula is C11H14O3S. The molecule has 0 atom stereocenters. The molecule has 0 saturated heterocycles. The van der Waals surface area contributed by atoms with Gasteiger partial charge in [0.2, 0.25) is 0 Å². The predicted octanol–water partition coefficient (Wildman–Crippen LogP) is 1.85. The van der Waals surface area contributed by atoms with Crippen LogP contribution in [0.5, 0.6) is 0 Å². The Hall–Kier alpha value is -0.870. The molecule has 3 nitrogen and oxygen atoms in total. The van der Waals surface area contributed by atoms with Crippen molar-refractivity contribution in [2.45, 2.75) is 19.3 Å². The number of ether oxygens (including phenoxy) is 1. The molecule has 4 heteroatoms. The van der Waals surface area contributed by atoms with Crippen LogP contribution in [0.25, 0.3) is 0 Å². The van der Waals surface area contributed by atoms with Crippen molar-refractivity contribution in [1.82, 2.24) is 0 Å². The van der Waals surface area contributed by atoms with E-state index in [1.807, 2.05) is 11.4 Å². The summed E-state index contributed by atoms with van der Waals surface area (Å²) in [6.07, 6.45) is 2.90. The second-order valence-electron chi connectivity index (χ2n) is 4.10. The van der Waals surface area contributed by atoms with Crippen molar-refractivity contribution in [3.63, 3.8) is 0 Å². The lowest BCUT2D eigenvalue weighted by molar-refractivity contribution is 0.0604. The number of hydrogen-bond donors (Lipinski definition) is 1. The van der Waals surface area contributed by atoms with Crippen LogP contribution in [0.4, 0.5) is 0 Å². The molecule has 1 heterocycles. The summed E-state index contributed by atoms with van der Waals surface area (Å²) in [5.74, 6) is -0.270. The number of aliphatic hydroxyl groups excluding tert-OH is 1. The Morgan fingerprint density at radius 2 is 2.40 bits per heavy atom. The monoisotopic (exact) mass is 226 g/mol. The number of hydrogen-bond acceptors (Lipinski definition) is 4. The van der Waals surface area contributed by atoms with Crippen LogP contribution in [0.1, 0.15) is 28.1 Å². The number of rotatable bonds is 4. The van der Waals surface area contributed by atoms with Gasteiger partial charge in [-0.2, -0.15) is 0 Å². The average Bonchev–Trinajstić information content (AvgIpc) is 2.88. The maximum absolute atomic E-state index is 11.4. The Labute approximate surface area is 92.7 Å². The number of carbonyl (C=O) groups excluding carboxylic acids is 1.